The van der Waals surface area contributed by atoms with Crippen molar-refractivity contribution in [2.24, 2.45) is 0 Å². The third-order valence-electron chi connectivity index (χ3n) is 3.73. The minimum atomic E-state index is -0.409. The number of aromatic nitrogens is 1. The minimum absolute atomic E-state index is 0.255. The number of hydrogen-bond acceptors (Lipinski definition) is 3. The number of carbonyl (C=O) groups excluding carboxylic acids is 1. The Kier molecular flexibility index (Phi) is 5.81. The van der Waals surface area contributed by atoms with Gasteiger partial charge in [0.1, 0.15) is 11.5 Å². The number of halogens is 2. The number of carbonyl (C=O) groups is 1. The van der Waals surface area contributed by atoms with E-state index in [1.807, 2.05) is 24.3 Å². The molecule has 132 valence electrons. The van der Waals surface area contributed by atoms with Crippen molar-refractivity contribution in [2.45, 2.75) is 6.42 Å². The van der Waals surface area contributed by atoms with E-state index in [1.165, 1.54) is 23.8 Å². The molecule has 0 bridgehead atoms. The maximum atomic E-state index is 13.2. The van der Waals surface area contributed by atoms with Crippen LogP contribution >= 0.6 is 11.6 Å². The molecule has 26 heavy (non-hydrogen) atoms. The van der Waals surface area contributed by atoms with E-state index < -0.39 is 11.7 Å². The lowest BCUT2D eigenvalue weighted by atomic mass is 10.1. The lowest BCUT2D eigenvalue weighted by molar-refractivity contribution is 0.102. The van der Waals surface area contributed by atoms with Crippen molar-refractivity contribution >= 4 is 28.9 Å². The Morgan fingerprint density at radius 1 is 1.04 bits per heavy atom. The van der Waals surface area contributed by atoms with Gasteiger partial charge in [0.15, 0.2) is 0 Å². The average molecular weight is 370 g/mol. The fourth-order valence-corrected chi connectivity index (χ4v) is 2.55. The Morgan fingerprint density at radius 2 is 1.85 bits per heavy atom. The Hall–Kier alpha value is -2.92. The predicted molar refractivity (Wildman–Crippen MR) is 102 cm³/mol. The molecule has 1 amide bonds. The molecule has 0 aliphatic heterocycles. The molecule has 1 aromatic heterocycles. The van der Waals surface area contributed by atoms with Crippen LogP contribution in [0.5, 0.6) is 0 Å². The number of rotatable bonds is 6. The van der Waals surface area contributed by atoms with Crippen molar-refractivity contribution in [1.82, 2.24) is 4.98 Å². The molecule has 0 spiro atoms. The number of anilines is 2. The van der Waals surface area contributed by atoms with Crippen molar-refractivity contribution < 1.29 is 9.18 Å². The van der Waals surface area contributed by atoms with E-state index in [2.05, 4.69) is 15.6 Å². The first-order chi connectivity index (χ1) is 12.6. The van der Waals surface area contributed by atoms with E-state index in [0.29, 0.717) is 17.3 Å². The lowest BCUT2D eigenvalue weighted by Crippen LogP contribution is -2.14. The molecule has 6 heteroatoms. The highest BCUT2D eigenvalue weighted by molar-refractivity contribution is 6.30. The van der Waals surface area contributed by atoms with Gasteiger partial charge in [0.2, 0.25) is 0 Å². The minimum Gasteiger partial charge on any atom is -0.385 e. The molecule has 0 aliphatic rings. The largest absolute Gasteiger partial charge is 0.385 e. The zero-order chi connectivity index (χ0) is 18.4. The van der Waals surface area contributed by atoms with Crippen LogP contribution in [0.4, 0.5) is 15.8 Å². The Balaban J connectivity index is 1.58. The Morgan fingerprint density at radius 3 is 2.62 bits per heavy atom. The number of benzene rings is 2. The average Bonchev–Trinajstić information content (AvgIpc) is 2.64. The molecule has 2 aromatic carbocycles. The van der Waals surface area contributed by atoms with Gasteiger partial charge in [0.25, 0.3) is 5.91 Å². The highest BCUT2D eigenvalue weighted by atomic mass is 35.5. The third-order valence-corrected chi connectivity index (χ3v) is 3.98. The number of hydrogen-bond donors (Lipinski definition) is 2. The summed E-state index contributed by atoms with van der Waals surface area (Å²) in [5, 5.41) is 6.61. The molecule has 0 radical (unpaired) electrons. The highest BCUT2D eigenvalue weighted by Crippen LogP contribution is 2.14. The normalized spacial score (nSPS) is 10.4. The molecule has 0 unspecified atom stereocenters. The molecule has 3 rings (SSSR count). The maximum Gasteiger partial charge on any atom is 0.274 e. The van der Waals surface area contributed by atoms with Crippen LogP contribution in [0.1, 0.15) is 16.1 Å². The second-order valence-electron chi connectivity index (χ2n) is 5.70. The van der Waals surface area contributed by atoms with Gasteiger partial charge in [0, 0.05) is 29.1 Å². The van der Waals surface area contributed by atoms with Crippen molar-refractivity contribution in [3.8, 4) is 0 Å². The van der Waals surface area contributed by atoms with Crippen molar-refractivity contribution in [3.63, 3.8) is 0 Å². The second kappa shape index (κ2) is 8.45. The van der Waals surface area contributed by atoms with Crippen LogP contribution in [0.25, 0.3) is 0 Å². The van der Waals surface area contributed by atoms with Crippen LogP contribution in [-0.4, -0.2) is 17.4 Å². The van der Waals surface area contributed by atoms with Crippen molar-refractivity contribution in [1.29, 1.82) is 0 Å². The van der Waals surface area contributed by atoms with Gasteiger partial charge in [-0.3, -0.25) is 9.78 Å². The molecule has 1 heterocycles. The molecular formula is C20H17ClFN3O. The first-order valence-corrected chi connectivity index (χ1v) is 8.49. The summed E-state index contributed by atoms with van der Waals surface area (Å²) in [7, 11) is 0. The van der Waals surface area contributed by atoms with Gasteiger partial charge < -0.3 is 10.6 Å². The van der Waals surface area contributed by atoms with E-state index >= 15 is 0 Å². The number of nitrogens with one attached hydrogen (secondary N) is 2. The Bertz CT molecular complexity index is 900. The molecule has 0 atom stereocenters. The quantitative estimate of drug-likeness (QED) is 0.657. The summed E-state index contributed by atoms with van der Waals surface area (Å²) in [5.74, 6) is -0.801. The summed E-state index contributed by atoms with van der Waals surface area (Å²) >= 11 is 5.87. The number of nitrogens with zero attached hydrogens (tertiary/aromatic N) is 1. The SMILES string of the molecule is O=C(Nc1cccc(F)c1)c1cc(NCCc2ccc(Cl)cc2)ccn1. The zero-order valence-corrected chi connectivity index (χ0v) is 14.6. The van der Waals surface area contributed by atoms with Crippen molar-refractivity contribution in [2.75, 3.05) is 17.2 Å². The molecule has 3 aromatic rings. The summed E-state index contributed by atoms with van der Waals surface area (Å²) in [4.78, 5) is 16.3. The van der Waals surface area contributed by atoms with E-state index in [4.69, 9.17) is 11.6 Å². The fourth-order valence-electron chi connectivity index (χ4n) is 2.43. The summed E-state index contributed by atoms with van der Waals surface area (Å²) in [5.41, 5.74) is 2.60. The van der Waals surface area contributed by atoms with Crippen LogP contribution in [0.3, 0.4) is 0 Å². The smallest absolute Gasteiger partial charge is 0.274 e. The van der Waals surface area contributed by atoms with E-state index in [9.17, 15) is 9.18 Å². The topological polar surface area (TPSA) is 54.0 Å². The molecule has 0 saturated carbocycles. The third kappa shape index (κ3) is 5.04. The molecule has 0 fully saturated rings. The van der Waals surface area contributed by atoms with Gasteiger partial charge in [-0.1, -0.05) is 29.8 Å². The van der Waals surface area contributed by atoms with E-state index in [0.717, 1.165) is 12.1 Å². The van der Waals surface area contributed by atoms with E-state index in [1.54, 1.807) is 24.4 Å². The first-order valence-electron chi connectivity index (χ1n) is 8.11. The van der Waals surface area contributed by atoms with Crippen LogP contribution in [0.15, 0.2) is 66.9 Å². The molecule has 4 nitrogen and oxygen atoms in total. The van der Waals surface area contributed by atoms with Gasteiger partial charge in [-0.15, -0.1) is 0 Å². The Labute approximate surface area is 156 Å². The van der Waals surface area contributed by atoms with Crippen LogP contribution in [0, 0.1) is 5.82 Å². The van der Waals surface area contributed by atoms with Crippen molar-refractivity contribution in [3.05, 3.63) is 89.0 Å². The summed E-state index contributed by atoms with van der Waals surface area (Å²) in [6.45, 7) is 0.705. The van der Waals surface area contributed by atoms with Gasteiger partial charge in [-0.05, 0) is 54.4 Å². The number of pyridine rings is 1. The van der Waals surface area contributed by atoms with Crippen LogP contribution < -0.4 is 10.6 Å². The van der Waals surface area contributed by atoms with E-state index in [-0.39, 0.29) is 5.69 Å². The first kappa shape index (κ1) is 17.9. The van der Waals surface area contributed by atoms with Gasteiger partial charge in [0.05, 0.1) is 0 Å². The molecular weight excluding hydrogens is 353 g/mol. The standard InChI is InChI=1S/C20H17ClFN3O/c21-15-6-4-14(5-7-15)8-10-23-17-9-11-24-19(13-17)20(26)25-18-3-1-2-16(22)12-18/h1-7,9,11-13H,8,10H2,(H,23,24)(H,25,26). The van der Waals surface area contributed by atoms with Gasteiger partial charge in [-0.25, -0.2) is 4.39 Å². The molecule has 0 aliphatic carbocycles. The lowest BCUT2D eigenvalue weighted by Gasteiger charge is -2.09. The number of amides is 1. The monoisotopic (exact) mass is 369 g/mol. The van der Waals surface area contributed by atoms with Gasteiger partial charge in [-0.2, -0.15) is 0 Å². The second-order valence-corrected chi connectivity index (χ2v) is 6.13. The molecule has 0 saturated heterocycles. The summed E-state index contributed by atoms with van der Waals surface area (Å²) in [6.07, 6.45) is 2.38. The molecule has 2 N–H and O–H groups in total. The summed E-state index contributed by atoms with van der Waals surface area (Å²) in [6, 6.07) is 16.9. The zero-order valence-electron chi connectivity index (χ0n) is 13.9. The van der Waals surface area contributed by atoms with Crippen LogP contribution in [-0.2, 0) is 6.42 Å². The fraction of sp³-hybridized carbons (Fsp3) is 0.100. The van der Waals surface area contributed by atoms with Gasteiger partial charge >= 0.3 is 0 Å². The van der Waals surface area contributed by atoms with Crippen LogP contribution in [0.2, 0.25) is 5.02 Å². The maximum absolute atomic E-state index is 13.2. The summed E-state index contributed by atoms with van der Waals surface area (Å²) < 4.78 is 13.2. The predicted octanol–water partition coefficient (Wildman–Crippen LogP) is 4.78. The highest BCUT2D eigenvalue weighted by Gasteiger charge is 2.09.